The van der Waals surface area contributed by atoms with E-state index in [-0.39, 0.29) is 16.4 Å². The lowest BCUT2D eigenvalue weighted by molar-refractivity contribution is -0.384. The standard InChI is InChI=1S/C23H16ClN5O3/c24-19-9-7-16(29(31)32)10-15(19)12-25-28-23(30)21-11-20(26-27-21)17-8-6-14-5-4-13-2-1-3-18(17)22(13)14/h1-3,6-12H,4-5H2,(H,26,27)(H,28,30)/b25-12+. The topological polar surface area (TPSA) is 113 Å². The van der Waals surface area contributed by atoms with Crippen LogP contribution >= 0.6 is 11.6 Å². The molecule has 4 aromatic rings. The highest BCUT2D eigenvalue weighted by Gasteiger charge is 2.18. The number of aromatic nitrogens is 2. The number of amides is 1. The van der Waals surface area contributed by atoms with Gasteiger partial charge in [-0.25, -0.2) is 5.43 Å². The minimum Gasteiger partial charge on any atom is -0.272 e. The third kappa shape index (κ3) is 3.50. The molecule has 2 N–H and O–H groups in total. The molecule has 0 saturated carbocycles. The molecule has 9 heteroatoms. The predicted molar refractivity (Wildman–Crippen MR) is 122 cm³/mol. The number of rotatable bonds is 5. The van der Waals surface area contributed by atoms with E-state index in [4.69, 9.17) is 11.6 Å². The molecule has 1 aliphatic carbocycles. The summed E-state index contributed by atoms with van der Waals surface area (Å²) < 4.78 is 0. The van der Waals surface area contributed by atoms with Crippen LogP contribution in [0.4, 0.5) is 5.69 Å². The largest absolute Gasteiger partial charge is 0.289 e. The molecule has 5 rings (SSSR count). The molecule has 32 heavy (non-hydrogen) atoms. The number of carbonyl (C=O) groups is 1. The number of benzene rings is 3. The van der Waals surface area contributed by atoms with E-state index in [1.807, 2.05) is 12.1 Å². The second-order valence-electron chi connectivity index (χ2n) is 7.44. The highest BCUT2D eigenvalue weighted by Crippen LogP contribution is 2.36. The highest BCUT2D eigenvalue weighted by atomic mass is 35.5. The smallest absolute Gasteiger partial charge is 0.272 e. The minimum absolute atomic E-state index is 0.120. The van der Waals surface area contributed by atoms with Gasteiger partial charge in [0.2, 0.25) is 0 Å². The van der Waals surface area contributed by atoms with E-state index in [2.05, 4.69) is 38.9 Å². The fourth-order valence-corrected chi connectivity index (χ4v) is 4.18. The van der Waals surface area contributed by atoms with Crippen molar-refractivity contribution in [3.8, 4) is 11.3 Å². The molecule has 0 spiro atoms. The van der Waals surface area contributed by atoms with Crippen LogP contribution in [0.5, 0.6) is 0 Å². The van der Waals surface area contributed by atoms with Gasteiger partial charge in [-0.2, -0.15) is 10.2 Å². The van der Waals surface area contributed by atoms with E-state index in [1.165, 1.54) is 40.9 Å². The molecule has 0 saturated heterocycles. The summed E-state index contributed by atoms with van der Waals surface area (Å²) >= 11 is 6.04. The average molecular weight is 446 g/mol. The van der Waals surface area contributed by atoms with Crippen LogP contribution in [-0.4, -0.2) is 27.2 Å². The molecule has 1 heterocycles. The first kappa shape index (κ1) is 19.9. The van der Waals surface area contributed by atoms with Crippen LogP contribution < -0.4 is 5.43 Å². The Balaban J connectivity index is 1.37. The molecule has 158 valence electrons. The number of nitrogens with zero attached hydrogens (tertiary/aromatic N) is 3. The molecular weight excluding hydrogens is 430 g/mol. The number of aryl methyl sites for hydroxylation is 2. The zero-order valence-corrected chi connectivity index (χ0v) is 17.4. The highest BCUT2D eigenvalue weighted by molar-refractivity contribution is 6.33. The summed E-state index contributed by atoms with van der Waals surface area (Å²) in [5.74, 6) is -0.493. The number of nitrogens with one attached hydrogen (secondary N) is 2. The molecule has 0 radical (unpaired) electrons. The fraction of sp³-hybridized carbons (Fsp3) is 0.0870. The number of hydrogen-bond acceptors (Lipinski definition) is 5. The van der Waals surface area contributed by atoms with Gasteiger partial charge in [0.1, 0.15) is 5.69 Å². The quantitative estimate of drug-likeness (QED) is 0.264. The van der Waals surface area contributed by atoms with E-state index >= 15 is 0 Å². The average Bonchev–Trinajstić information content (AvgIpc) is 3.44. The maximum atomic E-state index is 12.5. The lowest BCUT2D eigenvalue weighted by atomic mass is 9.98. The van der Waals surface area contributed by atoms with Gasteiger partial charge >= 0.3 is 0 Å². The van der Waals surface area contributed by atoms with Gasteiger partial charge in [-0.1, -0.05) is 41.9 Å². The Labute approximate surface area is 187 Å². The normalized spacial score (nSPS) is 12.5. The van der Waals surface area contributed by atoms with E-state index in [1.54, 1.807) is 6.07 Å². The number of nitro groups is 1. The molecular formula is C23H16ClN5O3. The fourth-order valence-electron chi connectivity index (χ4n) is 4.01. The summed E-state index contributed by atoms with van der Waals surface area (Å²) in [7, 11) is 0. The van der Waals surface area contributed by atoms with Gasteiger partial charge in [-0.15, -0.1) is 0 Å². The minimum atomic E-state index is -0.529. The molecule has 1 amide bonds. The lowest BCUT2D eigenvalue weighted by Crippen LogP contribution is -2.18. The zero-order valence-electron chi connectivity index (χ0n) is 16.6. The monoisotopic (exact) mass is 445 g/mol. The second-order valence-corrected chi connectivity index (χ2v) is 7.85. The number of hydrazone groups is 1. The van der Waals surface area contributed by atoms with Gasteiger partial charge in [0.15, 0.2) is 0 Å². The van der Waals surface area contributed by atoms with Gasteiger partial charge in [-0.3, -0.25) is 20.0 Å². The van der Waals surface area contributed by atoms with Crippen molar-refractivity contribution >= 4 is 40.2 Å². The SMILES string of the molecule is O=C(N/N=C/c1cc([N+](=O)[O-])ccc1Cl)c1cc(-c2ccc3c4c(cccc24)CC3)n[nH]1. The Kier molecular flexibility index (Phi) is 4.91. The first-order chi connectivity index (χ1) is 15.5. The van der Waals surface area contributed by atoms with Crippen LogP contribution in [0.25, 0.3) is 22.0 Å². The van der Waals surface area contributed by atoms with Crippen LogP contribution in [0.3, 0.4) is 0 Å². The van der Waals surface area contributed by atoms with Crippen molar-refractivity contribution in [3.05, 3.63) is 92.1 Å². The summed E-state index contributed by atoms with van der Waals surface area (Å²) in [6.45, 7) is 0. The first-order valence-electron chi connectivity index (χ1n) is 9.88. The second kappa shape index (κ2) is 7.90. The van der Waals surface area contributed by atoms with E-state index in [0.29, 0.717) is 11.3 Å². The molecule has 8 nitrogen and oxygen atoms in total. The van der Waals surface area contributed by atoms with Crippen LogP contribution in [0.1, 0.15) is 27.2 Å². The number of aromatic amines is 1. The van der Waals surface area contributed by atoms with E-state index < -0.39 is 10.8 Å². The van der Waals surface area contributed by atoms with Gasteiger partial charge in [-0.05, 0) is 46.9 Å². The third-order valence-corrected chi connectivity index (χ3v) is 5.88. The Hall–Kier alpha value is -4.04. The van der Waals surface area contributed by atoms with Gasteiger partial charge in [0.05, 0.1) is 16.8 Å². The number of carbonyl (C=O) groups excluding carboxylic acids is 1. The van der Waals surface area contributed by atoms with Crippen molar-refractivity contribution < 1.29 is 9.72 Å². The number of hydrogen-bond donors (Lipinski definition) is 2. The number of H-pyrrole nitrogens is 1. The Bertz CT molecular complexity index is 1420. The van der Waals surface area contributed by atoms with Crippen molar-refractivity contribution in [2.75, 3.05) is 0 Å². The molecule has 0 aliphatic heterocycles. The molecule has 0 unspecified atom stereocenters. The lowest BCUT2D eigenvalue weighted by Gasteiger charge is -2.06. The van der Waals surface area contributed by atoms with Crippen molar-refractivity contribution in [3.63, 3.8) is 0 Å². The Morgan fingerprint density at radius 1 is 1.16 bits per heavy atom. The zero-order chi connectivity index (χ0) is 22.2. The molecule has 0 fully saturated rings. The van der Waals surface area contributed by atoms with Crippen LogP contribution in [0.2, 0.25) is 5.02 Å². The number of non-ortho nitro benzene ring substituents is 1. The predicted octanol–water partition coefficient (Wildman–Crippen LogP) is 4.65. The van der Waals surface area contributed by atoms with Crippen molar-refractivity contribution in [1.82, 2.24) is 15.6 Å². The maximum Gasteiger partial charge on any atom is 0.289 e. The third-order valence-electron chi connectivity index (χ3n) is 5.54. The summed E-state index contributed by atoms with van der Waals surface area (Å²) in [6.07, 6.45) is 3.33. The Morgan fingerprint density at radius 2 is 1.97 bits per heavy atom. The maximum absolute atomic E-state index is 12.5. The van der Waals surface area contributed by atoms with E-state index in [9.17, 15) is 14.9 Å². The summed E-state index contributed by atoms with van der Waals surface area (Å²) in [6, 6.07) is 16.1. The van der Waals surface area contributed by atoms with Crippen molar-refractivity contribution in [2.24, 2.45) is 5.10 Å². The molecule has 0 atom stereocenters. The molecule has 3 aromatic carbocycles. The summed E-state index contributed by atoms with van der Waals surface area (Å²) in [5.41, 5.74) is 7.11. The van der Waals surface area contributed by atoms with Gasteiger partial charge in [0, 0.05) is 28.3 Å². The summed E-state index contributed by atoms with van der Waals surface area (Å²) in [5, 5.41) is 24.5. The first-order valence-corrected chi connectivity index (χ1v) is 10.3. The van der Waals surface area contributed by atoms with Gasteiger partial charge < -0.3 is 0 Å². The van der Waals surface area contributed by atoms with E-state index in [0.717, 1.165) is 23.8 Å². The van der Waals surface area contributed by atoms with Crippen LogP contribution in [-0.2, 0) is 12.8 Å². The number of nitro benzene ring substituents is 1. The summed E-state index contributed by atoms with van der Waals surface area (Å²) in [4.78, 5) is 22.9. The molecule has 0 bridgehead atoms. The Morgan fingerprint density at radius 3 is 2.78 bits per heavy atom. The van der Waals surface area contributed by atoms with Crippen molar-refractivity contribution in [1.29, 1.82) is 0 Å². The molecule has 1 aliphatic rings. The van der Waals surface area contributed by atoms with Crippen LogP contribution in [0, 0.1) is 10.1 Å². The van der Waals surface area contributed by atoms with Crippen LogP contribution in [0.15, 0.2) is 59.7 Å². The number of halogens is 1. The van der Waals surface area contributed by atoms with Crippen molar-refractivity contribution in [2.45, 2.75) is 12.8 Å². The van der Waals surface area contributed by atoms with Gasteiger partial charge in [0.25, 0.3) is 11.6 Å². The molecule has 1 aromatic heterocycles.